The number of anilines is 1. The van der Waals surface area contributed by atoms with E-state index in [4.69, 9.17) is 16.0 Å². The van der Waals surface area contributed by atoms with Gasteiger partial charge in [0.15, 0.2) is 5.76 Å². The lowest BCUT2D eigenvalue weighted by Gasteiger charge is -2.05. The Kier molecular flexibility index (Phi) is 5.60. The molecule has 0 aliphatic heterocycles. The lowest BCUT2D eigenvalue weighted by Crippen LogP contribution is -2.25. The first-order chi connectivity index (χ1) is 13.7. The Morgan fingerprint density at radius 1 is 1.04 bits per heavy atom. The van der Waals surface area contributed by atoms with E-state index in [1.807, 2.05) is 24.3 Å². The molecular formula is C21H18ClN3O2S. The molecule has 0 bridgehead atoms. The molecule has 5 nitrogen and oxygen atoms in total. The quantitative estimate of drug-likeness (QED) is 0.397. The van der Waals surface area contributed by atoms with Crippen LogP contribution in [-0.4, -0.2) is 23.4 Å². The van der Waals surface area contributed by atoms with Crippen LogP contribution in [0.3, 0.4) is 0 Å². The average molecular weight is 412 g/mol. The van der Waals surface area contributed by atoms with E-state index in [1.54, 1.807) is 24.3 Å². The van der Waals surface area contributed by atoms with Gasteiger partial charge in [-0.05, 0) is 66.5 Å². The third-order valence-corrected chi connectivity index (χ3v) is 5.35. The molecule has 2 aromatic carbocycles. The predicted molar refractivity (Wildman–Crippen MR) is 114 cm³/mol. The standard InChI is InChI=1S/C21H18ClN3O2S/c22-15-8-6-14(7-9-15)17-10-11-18(27-17)21(26)24-13-3-12-23-20-16-4-1-2-5-19(16)28-25-20/h1-2,4-11H,3,12-13H2,(H,23,25)(H,24,26). The van der Waals surface area contributed by atoms with Gasteiger partial charge in [0.1, 0.15) is 11.6 Å². The normalized spacial score (nSPS) is 10.9. The number of nitrogens with zero attached hydrogens (tertiary/aromatic N) is 1. The number of benzene rings is 2. The third kappa shape index (κ3) is 4.18. The van der Waals surface area contributed by atoms with Crippen molar-refractivity contribution in [1.29, 1.82) is 0 Å². The molecule has 1 amide bonds. The number of carbonyl (C=O) groups is 1. The summed E-state index contributed by atoms with van der Waals surface area (Å²) in [7, 11) is 0. The van der Waals surface area contributed by atoms with E-state index in [2.05, 4.69) is 27.1 Å². The van der Waals surface area contributed by atoms with Crippen LogP contribution >= 0.6 is 23.1 Å². The number of halogens is 1. The minimum Gasteiger partial charge on any atom is -0.451 e. The maximum absolute atomic E-state index is 12.3. The SMILES string of the molecule is O=C(NCCCNc1nsc2ccccc12)c1ccc(-c2ccc(Cl)cc2)o1. The van der Waals surface area contributed by atoms with Crippen molar-refractivity contribution in [1.82, 2.24) is 9.69 Å². The predicted octanol–water partition coefficient (Wildman–Crippen LogP) is 5.44. The summed E-state index contributed by atoms with van der Waals surface area (Å²) in [5.41, 5.74) is 0.878. The highest BCUT2D eigenvalue weighted by Gasteiger charge is 2.12. The Balaban J connectivity index is 1.25. The molecule has 0 saturated carbocycles. The molecule has 0 atom stereocenters. The number of hydrogen-bond donors (Lipinski definition) is 2. The van der Waals surface area contributed by atoms with Gasteiger partial charge in [0.05, 0.1) is 4.70 Å². The summed E-state index contributed by atoms with van der Waals surface area (Å²) in [6, 6.07) is 18.9. The maximum atomic E-state index is 12.3. The van der Waals surface area contributed by atoms with Gasteiger partial charge in [-0.15, -0.1) is 0 Å². The first-order valence-corrected chi connectivity index (χ1v) is 10.1. The first-order valence-electron chi connectivity index (χ1n) is 8.93. The number of carbonyl (C=O) groups excluding carboxylic acids is 1. The van der Waals surface area contributed by atoms with Crippen LogP contribution in [0.2, 0.25) is 5.02 Å². The van der Waals surface area contributed by atoms with Crippen LogP contribution in [0, 0.1) is 0 Å². The van der Waals surface area contributed by atoms with E-state index in [0.29, 0.717) is 23.1 Å². The van der Waals surface area contributed by atoms with Crippen molar-refractivity contribution in [2.75, 3.05) is 18.4 Å². The van der Waals surface area contributed by atoms with Crippen molar-refractivity contribution >= 4 is 44.9 Å². The molecule has 0 fully saturated rings. The lowest BCUT2D eigenvalue weighted by atomic mass is 10.2. The average Bonchev–Trinajstić information content (AvgIpc) is 3.36. The second-order valence-corrected chi connectivity index (χ2v) is 7.48. The highest BCUT2D eigenvalue weighted by Crippen LogP contribution is 2.26. The molecule has 4 aromatic rings. The van der Waals surface area contributed by atoms with E-state index in [0.717, 1.165) is 34.4 Å². The zero-order valence-corrected chi connectivity index (χ0v) is 16.5. The van der Waals surface area contributed by atoms with Gasteiger partial charge in [-0.3, -0.25) is 4.79 Å². The Labute approximate surface area is 171 Å². The van der Waals surface area contributed by atoms with E-state index < -0.39 is 0 Å². The van der Waals surface area contributed by atoms with E-state index in [9.17, 15) is 4.79 Å². The van der Waals surface area contributed by atoms with Gasteiger partial charge in [-0.2, -0.15) is 4.37 Å². The van der Waals surface area contributed by atoms with Crippen molar-refractivity contribution in [3.63, 3.8) is 0 Å². The monoisotopic (exact) mass is 411 g/mol. The molecule has 4 rings (SSSR count). The Morgan fingerprint density at radius 3 is 2.71 bits per heavy atom. The molecule has 7 heteroatoms. The summed E-state index contributed by atoms with van der Waals surface area (Å²) in [6.45, 7) is 1.27. The van der Waals surface area contributed by atoms with Gasteiger partial charge in [0, 0.05) is 29.1 Å². The van der Waals surface area contributed by atoms with Gasteiger partial charge < -0.3 is 15.1 Å². The van der Waals surface area contributed by atoms with Crippen molar-refractivity contribution in [2.45, 2.75) is 6.42 Å². The molecule has 0 spiro atoms. The molecule has 28 heavy (non-hydrogen) atoms. The van der Waals surface area contributed by atoms with Gasteiger partial charge in [0.25, 0.3) is 5.91 Å². The Morgan fingerprint density at radius 2 is 1.86 bits per heavy atom. The van der Waals surface area contributed by atoms with Crippen LogP contribution in [0.25, 0.3) is 21.4 Å². The number of amides is 1. The smallest absolute Gasteiger partial charge is 0.287 e. The third-order valence-electron chi connectivity index (χ3n) is 4.27. The maximum Gasteiger partial charge on any atom is 0.287 e. The minimum absolute atomic E-state index is 0.223. The fraction of sp³-hybridized carbons (Fsp3) is 0.143. The molecule has 2 aromatic heterocycles. The summed E-state index contributed by atoms with van der Waals surface area (Å²) < 4.78 is 11.2. The van der Waals surface area contributed by atoms with E-state index in [-0.39, 0.29) is 5.91 Å². The van der Waals surface area contributed by atoms with E-state index >= 15 is 0 Å². The molecule has 142 valence electrons. The van der Waals surface area contributed by atoms with Crippen molar-refractivity contribution in [2.24, 2.45) is 0 Å². The van der Waals surface area contributed by atoms with Gasteiger partial charge >= 0.3 is 0 Å². The number of hydrogen-bond acceptors (Lipinski definition) is 5. The van der Waals surface area contributed by atoms with Crippen molar-refractivity contribution < 1.29 is 9.21 Å². The number of aromatic nitrogens is 1. The van der Waals surface area contributed by atoms with Crippen LogP contribution < -0.4 is 10.6 Å². The summed E-state index contributed by atoms with van der Waals surface area (Å²) in [5, 5.41) is 7.99. The number of rotatable bonds is 7. The second-order valence-electron chi connectivity index (χ2n) is 6.23. The van der Waals surface area contributed by atoms with Crippen LogP contribution in [0.15, 0.2) is 65.1 Å². The Bertz CT molecular complexity index is 1090. The molecule has 0 radical (unpaired) electrons. The minimum atomic E-state index is -0.223. The lowest BCUT2D eigenvalue weighted by molar-refractivity contribution is 0.0926. The van der Waals surface area contributed by atoms with Crippen LogP contribution in [0.5, 0.6) is 0 Å². The molecule has 0 aliphatic rings. The zero-order valence-electron chi connectivity index (χ0n) is 14.9. The molecular weight excluding hydrogens is 394 g/mol. The topological polar surface area (TPSA) is 67.2 Å². The van der Waals surface area contributed by atoms with E-state index in [1.165, 1.54) is 11.5 Å². The first kappa shape index (κ1) is 18.5. The zero-order chi connectivity index (χ0) is 19.3. The molecule has 0 saturated heterocycles. The van der Waals surface area contributed by atoms with Crippen LogP contribution in [-0.2, 0) is 0 Å². The summed E-state index contributed by atoms with van der Waals surface area (Å²) in [5.74, 6) is 1.60. The van der Waals surface area contributed by atoms with Crippen LogP contribution in [0.1, 0.15) is 17.0 Å². The highest BCUT2D eigenvalue weighted by atomic mass is 35.5. The Hall–Kier alpha value is -2.83. The summed E-state index contributed by atoms with van der Waals surface area (Å²) in [4.78, 5) is 12.3. The summed E-state index contributed by atoms with van der Waals surface area (Å²) >= 11 is 7.37. The fourth-order valence-electron chi connectivity index (χ4n) is 2.83. The van der Waals surface area contributed by atoms with Gasteiger partial charge in [-0.1, -0.05) is 23.7 Å². The molecule has 2 heterocycles. The van der Waals surface area contributed by atoms with Gasteiger partial charge in [-0.25, -0.2) is 0 Å². The highest BCUT2D eigenvalue weighted by molar-refractivity contribution is 7.13. The van der Waals surface area contributed by atoms with Crippen molar-refractivity contribution in [3.8, 4) is 11.3 Å². The number of furan rings is 1. The largest absolute Gasteiger partial charge is 0.451 e. The van der Waals surface area contributed by atoms with Crippen molar-refractivity contribution in [3.05, 3.63) is 71.4 Å². The van der Waals surface area contributed by atoms with Gasteiger partial charge in [0.2, 0.25) is 0 Å². The molecule has 2 N–H and O–H groups in total. The second kappa shape index (κ2) is 8.46. The summed E-state index contributed by atoms with van der Waals surface area (Å²) in [6.07, 6.45) is 0.780. The number of nitrogens with one attached hydrogen (secondary N) is 2. The fourth-order valence-corrected chi connectivity index (χ4v) is 3.71. The number of fused-ring (bicyclic) bond motifs is 1. The molecule has 0 unspecified atom stereocenters. The molecule has 0 aliphatic carbocycles. The van der Waals surface area contributed by atoms with Crippen LogP contribution in [0.4, 0.5) is 5.82 Å².